The fraction of sp³-hybridized carbons (Fsp3) is 0.250. The number of hydrogen-bond acceptors (Lipinski definition) is 4. The normalized spacial score (nSPS) is 11.1. The van der Waals surface area contributed by atoms with Gasteiger partial charge in [0.15, 0.2) is 0 Å². The number of nitrogens with one attached hydrogen (secondary N) is 1. The van der Waals surface area contributed by atoms with E-state index in [4.69, 9.17) is 0 Å². The summed E-state index contributed by atoms with van der Waals surface area (Å²) in [5.41, 5.74) is 1.03. The molecule has 2 rings (SSSR count). The molecule has 0 bridgehead atoms. The molecule has 1 aromatic carbocycles. The van der Waals surface area contributed by atoms with E-state index >= 15 is 0 Å². The minimum absolute atomic E-state index is 0.0166. The Bertz CT molecular complexity index is 780. The molecule has 1 N–H and O–H groups in total. The van der Waals surface area contributed by atoms with Gasteiger partial charge in [-0.25, -0.2) is 12.8 Å². The first-order valence-electron chi connectivity index (χ1n) is 7.26. The van der Waals surface area contributed by atoms with Crippen molar-refractivity contribution in [3.8, 4) is 0 Å². The van der Waals surface area contributed by atoms with Crippen molar-refractivity contribution in [2.45, 2.75) is 13.0 Å². The molecule has 0 radical (unpaired) electrons. The third-order valence-corrected chi connectivity index (χ3v) is 4.44. The van der Waals surface area contributed by atoms with E-state index in [1.54, 1.807) is 18.3 Å². The predicted octanol–water partition coefficient (Wildman–Crippen LogP) is 1.69. The first-order chi connectivity index (χ1) is 11.4. The summed E-state index contributed by atoms with van der Waals surface area (Å²) in [6.45, 7) is 0.244. The van der Waals surface area contributed by atoms with Crippen molar-refractivity contribution in [1.29, 1.82) is 0 Å². The Labute approximate surface area is 140 Å². The average molecular weight is 351 g/mol. The summed E-state index contributed by atoms with van der Waals surface area (Å²) in [6.07, 6.45) is 2.65. The van der Waals surface area contributed by atoms with E-state index in [9.17, 15) is 17.6 Å². The summed E-state index contributed by atoms with van der Waals surface area (Å²) in [4.78, 5) is 16.0. The zero-order valence-electron chi connectivity index (χ0n) is 13.1. The van der Waals surface area contributed by atoms with Crippen molar-refractivity contribution in [3.05, 3.63) is 60.2 Å². The number of rotatable bonds is 7. The molecule has 6 nitrogen and oxygen atoms in total. The Morgan fingerprint density at radius 3 is 2.50 bits per heavy atom. The van der Waals surface area contributed by atoms with Crippen LogP contribution in [0, 0.1) is 5.82 Å². The smallest absolute Gasteiger partial charge is 0.232 e. The third-order valence-electron chi connectivity index (χ3n) is 3.25. The number of nitrogens with zero attached hydrogens (tertiary/aromatic N) is 2. The quantitative estimate of drug-likeness (QED) is 0.823. The van der Waals surface area contributed by atoms with E-state index < -0.39 is 15.8 Å². The molecule has 8 heteroatoms. The van der Waals surface area contributed by atoms with Crippen LogP contribution in [0.15, 0.2) is 48.7 Å². The molecule has 0 spiro atoms. The highest BCUT2D eigenvalue weighted by atomic mass is 32.2. The zero-order valence-corrected chi connectivity index (χ0v) is 14.0. The van der Waals surface area contributed by atoms with Gasteiger partial charge in [-0.2, -0.15) is 0 Å². The highest BCUT2D eigenvalue weighted by molar-refractivity contribution is 7.92. The number of halogens is 1. The molecule has 0 atom stereocenters. The number of benzene rings is 1. The van der Waals surface area contributed by atoms with Gasteiger partial charge in [0.2, 0.25) is 15.9 Å². The number of aromatic nitrogens is 1. The van der Waals surface area contributed by atoms with Gasteiger partial charge in [0.25, 0.3) is 0 Å². The summed E-state index contributed by atoms with van der Waals surface area (Å²) >= 11 is 0. The van der Waals surface area contributed by atoms with E-state index in [0.717, 1.165) is 10.6 Å². The fourth-order valence-electron chi connectivity index (χ4n) is 2.08. The molecule has 0 fully saturated rings. The maximum Gasteiger partial charge on any atom is 0.232 e. The second-order valence-electron chi connectivity index (χ2n) is 5.16. The van der Waals surface area contributed by atoms with Gasteiger partial charge in [0, 0.05) is 19.2 Å². The molecule has 1 heterocycles. The van der Waals surface area contributed by atoms with E-state index in [2.05, 4.69) is 10.3 Å². The predicted molar refractivity (Wildman–Crippen MR) is 89.3 cm³/mol. The second kappa shape index (κ2) is 7.87. The summed E-state index contributed by atoms with van der Waals surface area (Å²) in [7, 11) is -3.58. The molecule has 0 aliphatic rings. The first-order valence-corrected chi connectivity index (χ1v) is 9.11. The minimum atomic E-state index is -3.58. The summed E-state index contributed by atoms with van der Waals surface area (Å²) in [5.74, 6) is -0.753. The molecule has 0 saturated heterocycles. The highest BCUT2D eigenvalue weighted by Crippen LogP contribution is 2.18. The molecule has 24 heavy (non-hydrogen) atoms. The number of carbonyl (C=O) groups is 1. The lowest BCUT2D eigenvalue weighted by Crippen LogP contribution is -2.34. The topological polar surface area (TPSA) is 79.4 Å². The molecule has 1 aromatic heterocycles. The Hall–Kier alpha value is -2.48. The van der Waals surface area contributed by atoms with Gasteiger partial charge in [0.1, 0.15) is 5.82 Å². The lowest BCUT2D eigenvalue weighted by atomic mass is 10.3. The number of sulfonamides is 1. The molecule has 0 saturated carbocycles. The van der Waals surface area contributed by atoms with E-state index in [-0.39, 0.29) is 25.4 Å². The minimum Gasteiger partial charge on any atom is -0.350 e. The second-order valence-corrected chi connectivity index (χ2v) is 7.07. The fourth-order valence-corrected chi connectivity index (χ4v) is 3.00. The van der Waals surface area contributed by atoms with Gasteiger partial charge in [-0.3, -0.25) is 14.1 Å². The van der Waals surface area contributed by atoms with Crippen molar-refractivity contribution < 1.29 is 17.6 Å². The first kappa shape index (κ1) is 17.9. The average Bonchev–Trinajstić information content (AvgIpc) is 2.54. The molecule has 128 valence electrons. The van der Waals surface area contributed by atoms with Crippen LogP contribution in [0.3, 0.4) is 0 Å². The molecular weight excluding hydrogens is 333 g/mol. The van der Waals surface area contributed by atoms with E-state index in [1.807, 2.05) is 6.07 Å². The van der Waals surface area contributed by atoms with Crippen LogP contribution in [0.2, 0.25) is 0 Å². The van der Waals surface area contributed by atoms with Crippen LogP contribution in [0.1, 0.15) is 12.1 Å². The van der Waals surface area contributed by atoms with Crippen molar-refractivity contribution in [2.75, 3.05) is 17.1 Å². The Morgan fingerprint density at radius 2 is 1.92 bits per heavy atom. The van der Waals surface area contributed by atoms with Gasteiger partial charge < -0.3 is 5.32 Å². The standard InChI is InChI=1S/C16H18FN3O3S/c1-24(22,23)20(15-7-5-13(17)6-8-15)11-9-16(21)19-12-14-4-2-3-10-18-14/h2-8,10H,9,11-12H2,1H3,(H,19,21). The number of amides is 1. The van der Waals surface area contributed by atoms with Crippen LogP contribution in [0.5, 0.6) is 0 Å². The lowest BCUT2D eigenvalue weighted by Gasteiger charge is -2.22. The molecule has 0 aliphatic heterocycles. The Balaban J connectivity index is 1.95. The van der Waals surface area contributed by atoms with Gasteiger partial charge >= 0.3 is 0 Å². The van der Waals surface area contributed by atoms with Crippen LogP contribution < -0.4 is 9.62 Å². The summed E-state index contributed by atoms with van der Waals surface area (Å²) in [6, 6.07) is 10.4. The maximum absolute atomic E-state index is 13.0. The molecule has 1 amide bonds. The summed E-state index contributed by atoms with van der Waals surface area (Å²) < 4.78 is 37.9. The van der Waals surface area contributed by atoms with E-state index in [0.29, 0.717) is 11.4 Å². The SMILES string of the molecule is CS(=O)(=O)N(CCC(=O)NCc1ccccn1)c1ccc(F)cc1. The van der Waals surface area contributed by atoms with Crippen LogP contribution in [0.25, 0.3) is 0 Å². The van der Waals surface area contributed by atoms with Crippen molar-refractivity contribution in [2.24, 2.45) is 0 Å². The Morgan fingerprint density at radius 1 is 1.21 bits per heavy atom. The lowest BCUT2D eigenvalue weighted by molar-refractivity contribution is -0.121. The van der Waals surface area contributed by atoms with Crippen LogP contribution in [0.4, 0.5) is 10.1 Å². The van der Waals surface area contributed by atoms with E-state index in [1.165, 1.54) is 24.3 Å². The third kappa shape index (κ3) is 5.31. The number of hydrogen-bond donors (Lipinski definition) is 1. The molecule has 0 unspecified atom stereocenters. The van der Waals surface area contributed by atoms with Gasteiger partial charge in [-0.1, -0.05) is 6.07 Å². The van der Waals surface area contributed by atoms with Crippen LogP contribution in [-0.2, 0) is 21.4 Å². The molecular formula is C16H18FN3O3S. The van der Waals surface area contributed by atoms with Gasteiger partial charge in [-0.15, -0.1) is 0 Å². The van der Waals surface area contributed by atoms with Crippen molar-refractivity contribution in [1.82, 2.24) is 10.3 Å². The van der Waals surface area contributed by atoms with Gasteiger partial charge in [0.05, 0.1) is 24.2 Å². The number of pyridine rings is 1. The zero-order chi connectivity index (χ0) is 17.6. The van der Waals surface area contributed by atoms with Crippen molar-refractivity contribution in [3.63, 3.8) is 0 Å². The highest BCUT2D eigenvalue weighted by Gasteiger charge is 2.18. The number of carbonyl (C=O) groups excluding carboxylic acids is 1. The Kier molecular flexibility index (Phi) is 5.86. The van der Waals surface area contributed by atoms with Crippen LogP contribution >= 0.6 is 0 Å². The van der Waals surface area contributed by atoms with Gasteiger partial charge in [-0.05, 0) is 36.4 Å². The molecule has 2 aromatic rings. The largest absolute Gasteiger partial charge is 0.350 e. The van der Waals surface area contributed by atoms with Crippen LogP contribution in [-0.4, -0.2) is 32.1 Å². The maximum atomic E-state index is 13.0. The number of anilines is 1. The monoisotopic (exact) mass is 351 g/mol. The summed E-state index contributed by atoms with van der Waals surface area (Å²) in [5, 5.41) is 2.68. The molecule has 0 aliphatic carbocycles. The van der Waals surface area contributed by atoms with Crippen molar-refractivity contribution >= 4 is 21.6 Å².